The fourth-order valence-electron chi connectivity index (χ4n) is 1.49. The maximum atomic E-state index is 5.53. The molecule has 0 aliphatic rings. The molecule has 0 radical (unpaired) electrons. The average Bonchev–Trinajstić information content (AvgIpc) is 2.37. The number of aromatic nitrogens is 3. The van der Waals surface area contributed by atoms with Crippen LogP contribution in [0.1, 0.15) is 34.1 Å². The third-order valence-electron chi connectivity index (χ3n) is 2.45. The lowest BCUT2D eigenvalue weighted by molar-refractivity contribution is 0.222. The highest BCUT2D eigenvalue weighted by atomic mass is 32.2. The van der Waals surface area contributed by atoms with E-state index < -0.39 is 0 Å². The zero-order valence-corrected chi connectivity index (χ0v) is 13.8. The van der Waals surface area contributed by atoms with Gasteiger partial charge in [-0.25, -0.2) is 0 Å². The van der Waals surface area contributed by atoms with E-state index in [1.165, 1.54) is 0 Å². The molecule has 1 heterocycles. The van der Waals surface area contributed by atoms with Gasteiger partial charge in [-0.1, -0.05) is 6.92 Å². The minimum atomic E-state index is 0.0355. The third kappa shape index (κ3) is 6.27. The summed E-state index contributed by atoms with van der Waals surface area (Å²) in [5.74, 6) is 3.33. The van der Waals surface area contributed by atoms with Crippen molar-refractivity contribution in [3.05, 3.63) is 0 Å². The Kier molecular flexibility index (Phi) is 7.43. The second-order valence-corrected chi connectivity index (χ2v) is 6.11. The summed E-state index contributed by atoms with van der Waals surface area (Å²) in [6.07, 6.45) is 1.10. The number of hydrogen-bond acceptors (Lipinski definition) is 7. The topological polar surface area (TPSA) is 72.0 Å². The molecule has 1 rings (SSSR count). The van der Waals surface area contributed by atoms with Crippen molar-refractivity contribution < 1.29 is 4.74 Å². The molecule has 1 atom stereocenters. The second-order valence-electron chi connectivity index (χ2n) is 4.71. The smallest absolute Gasteiger partial charge is 0.323 e. The summed E-state index contributed by atoms with van der Waals surface area (Å²) in [6.45, 7) is 8.19. The molecular weight excluding hydrogens is 274 g/mol. The molecule has 0 aliphatic carbocycles. The van der Waals surface area contributed by atoms with Gasteiger partial charge in [0, 0.05) is 13.1 Å². The number of hydrogen-bond donors (Lipinski definition) is 2. The standard InChI is InChI=1S/C13H25N5OS/c1-6-20-8-7-10(4)15-12-16-11(14-5)17-13(18-12)19-9(2)3/h9-10H,6-8H2,1-5H3,(H2,14,15,16,17,18). The van der Waals surface area contributed by atoms with E-state index in [1.54, 1.807) is 7.05 Å². The first-order valence-corrected chi connectivity index (χ1v) is 8.15. The first-order chi connectivity index (χ1) is 9.55. The molecule has 0 amide bonds. The summed E-state index contributed by atoms with van der Waals surface area (Å²) < 4.78 is 5.53. The van der Waals surface area contributed by atoms with E-state index in [4.69, 9.17) is 4.74 Å². The van der Waals surface area contributed by atoms with Crippen LogP contribution in [0.4, 0.5) is 11.9 Å². The van der Waals surface area contributed by atoms with Gasteiger partial charge in [-0.2, -0.15) is 26.7 Å². The number of nitrogens with zero attached hydrogens (tertiary/aromatic N) is 3. The van der Waals surface area contributed by atoms with E-state index in [0.29, 0.717) is 23.9 Å². The van der Waals surface area contributed by atoms with Crippen molar-refractivity contribution >= 4 is 23.7 Å². The Balaban J connectivity index is 2.67. The number of rotatable bonds is 9. The SMILES string of the molecule is CCSCCC(C)Nc1nc(NC)nc(OC(C)C)n1. The normalized spacial score (nSPS) is 12.3. The summed E-state index contributed by atoms with van der Waals surface area (Å²) in [6, 6.07) is 0.657. The first kappa shape index (κ1) is 16.8. The highest BCUT2D eigenvalue weighted by Crippen LogP contribution is 2.14. The molecule has 0 aliphatic heterocycles. The monoisotopic (exact) mass is 299 g/mol. The summed E-state index contributed by atoms with van der Waals surface area (Å²) in [4.78, 5) is 12.8. The maximum absolute atomic E-state index is 5.53. The van der Waals surface area contributed by atoms with Gasteiger partial charge >= 0.3 is 6.01 Å². The summed E-state index contributed by atoms with van der Waals surface area (Å²) in [5, 5.41) is 6.21. The molecule has 1 aromatic rings. The van der Waals surface area contributed by atoms with Crippen molar-refractivity contribution in [2.45, 2.75) is 46.3 Å². The molecule has 114 valence electrons. The fourth-order valence-corrected chi connectivity index (χ4v) is 2.30. The molecular formula is C13H25N5OS. The molecule has 0 saturated heterocycles. The molecule has 2 N–H and O–H groups in total. The average molecular weight is 299 g/mol. The number of thioether (sulfide) groups is 1. The van der Waals surface area contributed by atoms with Crippen LogP contribution in [0.25, 0.3) is 0 Å². The van der Waals surface area contributed by atoms with Crippen molar-refractivity contribution in [3.63, 3.8) is 0 Å². The van der Waals surface area contributed by atoms with Crippen LogP contribution in [0.2, 0.25) is 0 Å². The van der Waals surface area contributed by atoms with Crippen LogP contribution in [0.5, 0.6) is 6.01 Å². The van der Waals surface area contributed by atoms with Crippen LogP contribution in [-0.4, -0.2) is 45.7 Å². The molecule has 1 aromatic heterocycles. The lowest BCUT2D eigenvalue weighted by atomic mass is 10.3. The van der Waals surface area contributed by atoms with Gasteiger partial charge in [-0.15, -0.1) is 0 Å². The van der Waals surface area contributed by atoms with Crippen LogP contribution in [0.15, 0.2) is 0 Å². The van der Waals surface area contributed by atoms with E-state index in [2.05, 4.69) is 39.4 Å². The Hall–Kier alpha value is -1.24. The Morgan fingerprint density at radius 3 is 2.45 bits per heavy atom. The van der Waals surface area contributed by atoms with Gasteiger partial charge in [-0.3, -0.25) is 0 Å². The summed E-state index contributed by atoms with van der Waals surface area (Å²) >= 11 is 1.94. The van der Waals surface area contributed by atoms with Crippen LogP contribution in [0, 0.1) is 0 Å². The van der Waals surface area contributed by atoms with Crippen molar-refractivity contribution in [1.29, 1.82) is 0 Å². The lowest BCUT2D eigenvalue weighted by Crippen LogP contribution is -2.19. The summed E-state index contributed by atoms with van der Waals surface area (Å²) in [5.41, 5.74) is 0. The van der Waals surface area contributed by atoms with Gasteiger partial charge in [0.15, 0.2) is 0 Å². The number of ether oxygens (including phenoxy) is 1. The van der Waals surface area contributed by atoms with Crippen LogP contribution < -0.4 is 15.4 Å². The highest BCUT2D eigenvalue weighted by molar-refractivity contribution is 7.99. The maximum Gasteiger partial charge on any atom is 0.323 e. The molecule has 6 nitrogen and oxygen atoms in total. The largest absolute Gasteiger partial charge is 0.461 e. The van der Waals surface area contributed by atoms with Gasteiger partial charge in [0.05, 0.1) is 6.10 Å². The van der Waals surface area contributed by atoms with Crippen molar-refractivity contribution in [3.8, 4) is 6.01 Å². The predicted octanol–water partition coefficient (Wildman–Crippen LogP) is 2.64. The molecule has 0 saturated carbocycles. The first-order valence-electron chi connectivity index (χ1n) is 6.99. The predicted molar refractivity (Wildman–Crippen MR) is 85.8 cm³/mol. The quantitative estimate of drug-likeness (QED) is 0.679. The third-order valence-corrected chi connectivity index (χ3v) is 3.39. The minimum Gasteiger partial charge on any atom is -0.461 e. The van der Waals surface area contributed by atoms with E-state index in [0.717, 1.165) is 17.9 Å². The molecule has 0 fully saturated rings. The molecule has 7 heteroatoms. The van der Waals surface area contributed by atoms with Gasteiger partial charge < -0.3 is 15.4 Å². The zero-order valence-electron chi connectivity index (χ0n) is 12.9. The van der Waals surface area contributed by atoms with Crippen molar-refractivity contribution in [2.24, 2.45) is 0 Å². The summed E-state index contributed by atoms with van der Waals surface area (Å²) in [7, 11) is 1.78. The Morgan fingerprint density at radius 1 is 1.15 bits per heavy atom. The fraction of sp³-hybridized carbons (Fsp3) is 0.769. The Labute approximate surface area is 125 Å². The van der Waals surface area contributed by atoms with E-state index in [9.17, 15) is 0 Å². The number of anilines is 2. The minimum absolute atomic E-state index is 0.0355. The molecule has 20 heavy (non-hydrogen) atoms. The lowest BCUT2D eigenvalue weighted by Gasteiger charge is -2.15. The molecule has 1 unspecified atom stereocenters. The van der Waals surface area contributed by atoms with Gasteiger partial charge in [0.25, 0.3) is 0 Å². The van der Waals surface area contributed by atoms with E-state index in [-0.39, 0.29) is 6.10 Å². The van der Waals surface area contributed by atoms with Crippen LogP contribution in [0.3, 0.4) is 0 Å². The number of nitrogens with one attached hydrogen (secondary N) is 2. The molecule has 0 bridgehead atoms. The zero-order chi connectivity index (χ0) is 15.0. The molecule has 0 aromatic carbocycles. The molecule has 0 spiro atoms. The Morgan fingerprint density at radius 2 is 1.85 bits per heavy atom. The van der Waals surface area contributed by atoms with Crippen molar-refractivity contribution in [1.82, 2.24) is 15.0 Å². The van der Waals surface area contributed by atoms with Crippen LogP contribution >= 0.6 is 11.8 Å². The van der Waals surface area contributed by atoms with E-state index >= 15 is 0 Å². The van der Waals surface area contributed by atoms with Gasteiger partial charge in [-0.05, 0) is 38.7 Å². The second kappa shape index (κ2) is 8.84. The highest BCUT2D eigenvalue weighted by Gasteiger charge is 2.10. The van der Waals surface area contributed by atoms with Crippen molar-refractivity contribution in [2.75, 3.05) is 29.2 Å². The van der Waals surface area contributed by atoms with Crippen LogP contribution in [-0.2, 0) is 0 Å². The van der Waals surface area contributed by atoms with Gasteiger partial charge in [0.2, 0.25) is 11.9 Å². The Bertz CT molecular complexity index is 402. The van der Waals surface area contributed by atoms with Gasteiger partial charge in [0.1, 0.15) is 0 Å². The van der Waals surface area contributed by atoms with E-state index in [1.807, 2.05) is 25.6 Å².